The number of ketones is 1. The molecule has 0 aliphatic heterocycles. The Bertz CT molecular complexity index is 975. The fourth-order valence-corrected chi connectivity index (χ4v) is 4.18. The maximum atomic E-state index is 13.5. The fourth-order valence-electron chi connectivity index (χ4n) is 4.18. The molecule has 2 rings (SSSR count). The minimum Gasteiger partial charge on any atom is -0.507 e. The lowest BCUT2D eigenvalue weighted by Gasteiger charge is -2.21. The number of aliphatic hydroxyl groups excluding tert-OH is 1. The first kappa shape index (κ1) is 21.9. The van der Waals surface area contributed by atoms with Crippen LogP contribution >= 0.6 is 0 Å². The molecule has 0 fully saturated rings. The first-order valence-electron chi connectivity index (χ1n) is 9.93. The molecule has 0 atom stereocenters. The van der Waals surface area contributed by atoms with Crippen LogP contribution < -0.4 is 0 Å². The predicted octanol–water partition coefficient (Wildman–Crippen LogP) is 6.94. The standard InChI is InChI=1S/C26H34O2/c1-12-14(3)18(7)23(19(8)15(12)4)25(27)22(11)26(28)24-20(9)16(5)13(2)17(6)21(24)10/h27H,1-11H3/b25-22-. The van der Waals surface area contributed by atoms with E-state index < -0.39 is 0 Å². The molecule has 0 radical (unpaired) electrons. The number of hydrogen-bond acceptors (Lipinski definition) is 2. The topological polar surface area (TPSA) is 37.3 Å². The van der Waals surface area contributed by atoms with Crippen LogP contribution in [0.3, 0.4) is 0 Å². The molecule has 0 amide bonds. The van der Waals surface area contributed by atoms with E-state index in [1.165, 1.54) is 22.3 Å². The van der Waals surface area contributed by atoms with Crippen LogP contribution in [0.15, 0.2) is 5.57 Å². The van der Waals surface area contributed by atoms with Gasteiger partial charge in [-0.25, -0.2) is 0 Å². The first-order chi connectivity index (χ1) is 12.8. The lowest BCUT2D eigenvalue weighted by molar-refractivity contribution is 0.103. The Balaban J connectivity index is 2.79. The highest BCUT2D eigenvalue weighted by Crippen LogP contribution is 2.34. The summed E-state index contributed by atoms with van der Waals surface area (Å²) in [6, 6.07) is 0. The molecule has 2 heteroatoms. The number of aliphatic hydroxyl groups is 1. The third kappa shape index (κ3) is 3.19. The van der Waals surface area contributed by atoms with E-state index in [2.05, 4.69) is 41.5 Å². The second-order valence-electron chi connectivity index (χ2n) is 8.30. The average Bonchev–Trinajstić information content (AvgIpc) is 2.67. The summed E-state index contributed by atoms with van der Waals surface area (Å²) >= 11 is 0. The van der Waals surface area contributed by atoms with Gasteiger partial charge < -0.3 is 5.11 Å². The summed E-state index contributed by atoms with van der Waals surface area (Å²) in [6.07, 6.45) is 0. The van der Waals surface area contributed by atoms with Crippen molar-refractivity contribution in [1.82, 2.24) is 0 Å². The molecular formula is C26H34O2. The third-order valence-electron chi connectivity index (χ3n) is 7.16. The molecule has 150 valence electrons. The second-order valence-corrected chi connectivity index (χ2v) is 8.30. The van der Waals surface area contributed by atoms with E-state index in [1.54, 1.807) is 6.92 Å². The van der Waals surface area contributed by atoms with E-state index in [4.69, 9.17) is 0 Å². The van der Waals surface area contributed by atoms with Gasteiger partial charge in [0.2, 0.25) is 0 Å². The normalized spacial score (nSPS) is 12.2. The van der Waals surface area contributed by atoms with Crippen LogP contribution in [0.25, 0.3) is 5.76 Å². The Hall–Kier alpha value is -2.35. The van der Waals surface area contributed by atoms with Crippen molar-refractivity contribution in [3.63, 3.8) is 0 Å². The van der Waals surface area contributed by atoms with Crippen molar-refractivity contribution < 1.29 is 9.90 Å². The van der Waals surface area contributed by atoms with Crippen LogP contribution in [0.2, 0.25) is 0 Å². The number of carbonyl (C=O) groups is 1. The zero-order valence-electron chi connectivity index (χ0n) is 19.4. The highest BCUT2D eigenvalue weighted by molar-refractivity contribution is 6.14. The number of benzene rings is 2. The molecule has 0 saturated heterocycles. The van der Waals surface area contributed by atoms with Crippen molar-refractivity contribution in [2.24, 2.45) is 0 Å². The molecule has 0 aromatic heterocycles. The molecule has 0 heterocycles. The van der Waals surface area contributed by atoms with Crippen LogP contribution in [-0.4, -0.2) is 10.9 Å². The number of Topliss-reactive ketones (excluding diaryl/α,β-unsaturated/α-hetero) is 1. The summed E-state index contributed by atoms with van der Waals surface area (Å²) < 4.78 is 0. The molecule has 2 nitrogen and oxygen atoms in total. The smallest absolute Gasteiger partial charge is 0.192 e. The molecular weight excluding hydrogens is 344 g/mol. The van der Waals surface area contributed by atoms with Gasteiger partial charge in [-0.3, -0.25) is 4.79 Å². The van der Waals surface area contributed by atoms with Crippen LogP contribution in [0.1, 0.15) is 78.5 Å². The van der Waals surface area contributed by atoms with Gasteiger partial charge in [0, 0.05) is 16.7 Å². The summed E-state index contributed by atoms with van der Waals surface area (Å²) in [5.74, 6) is 0.00858. The van der Waals surface area contributed by atoms with Gasteiger partial charge in [-0.05, 0) is 132 Å². The average molecular weight is 379 g/mol. The van der Waals surface area contributed by atoms with Gasteiger partial charge in [0.05, 0.1) is 0 Å². The Morgan fingerprint density at radius 2 is 0.750 bits per heavy atom. The van der Waals surface area contributed by atoms with E-state index in [0.29, 0.717) is 5.57 Å². The number of rotatable bonds is 3. The Morgan fingerprint density at radius 1 is 0.500 bits per heavy atom. The van der Waals surface area contributed by atoms with Gasteiger partial charge in [0.15, 0.2) is 5.78 Å². The van der Waals surface area contributed by atoms with Gasteiger partial charge in [-0.1, -0.05) is 0 Å². The minimum atomic E-state index is -0.0895. The van der Waals surface area contributed by atoms with Gasteiger partial charge in [-0.15, -0.1) is 0 Å². The SMILES string of the molecule is C/C(C(=O)c1c(C)c(C)c(C)c(C)c1C)=C(/O)c1c(C)c(C)c(C)c(C)c1C. The zero-order chi connectivity index (χ0) is 21.7. The predicted molar refractivity (Wildman–Crippen MR) is 120 cm³/mol. The fraction of sp³-hybridized carbons (Fsp3) is 0.423. The number of hydrogen-bond donors (Lipinski definition) is 1. The maximum Gasteiger partial charge on any atom is 0.192 e. The third-order valence-corrected chi connectivity index (χ3v) is 7.16. The summed E-state index contributed by atoms with van der Waals surface area (Å²) in [7, 11) is 0. The monoisotopic (exact) mass is 378 g/mol. The van der Waals surface area contributed by atoms with E-state index in [-0.39, 0.29) is 11.5 Å². The maximum absolute atomic E-state index is 13.5. The lowest BCUT2D eigenvalue weighted by Crippen LogP contribution is -2.13. The molecule has 0 bridgehead atoms. The highest BCUT2D eigenvalue weighted by atomic mass is 16.3. The van der Waals surface area contributed by atoms with Crippen molar-refractivity contribution in [3.05, 3.63) is 72.3 Å². The van der Waals surface area contributed by atoms with Gasteiger partial charge in [0.1, 0.15) is 5.76 Å². The summed E-state index contributed by atoms with van der Waals surface area (Å²) in [5, 5.41) is 11.2. The van der Waals surface area contributed by atoms with Crippen LogP contribution in [0.4, 0.5) is 0 Å². The van der Waals surface area contributed by atoms with Gasteiger partial charge in [-0.2, -0.15) is 0 Å². The summed E-state index contributed by atoms with van der Waals surface area (Å²) in [4.78, 5) is 13.5. The van der Waals surface area contributed by atoms with E-state index in [9.17, 15) is 9.90 Å². The minimum absolute atomic E-state index is 0.0895. The van der Waals surface area contributed by atoms with Crippen molar-refractivity contribution in [2.45, 2.75) is 76.2 Å². The Labute approximate surface area is 170 Å². The van der Waals surface area contributed by atoms with E-state index >= 15 is 0 Å². The molecule has 0 saturated carbocycles. The molecule has 28 heavy (non-hydrogen) atoms. The van der Waals surface area contributed by atoms with E-state index in [1.807, 2.05) is 27.7 Å². The molecule has 0 unspecified atom stereocenters. The zero-order valence-corrected chi connectivity index (χ0v) is 19.4. The summed E-state index contributed by atoms with van der Waals surface area (Å²) in [6.45, 7) is 22.3. The lowest BCUT2D eigenvalue weighted by atomic mass is 9.84. The Morgan fingerprint density at radius 3 is 1.07 bits per heavy atom. The van der Waals surface area contributed by atoms with Crippen LogP contribution in [0.5, 0.6) is 0 Å². The molecule has 0 aliphatic carbocycles. The van der Waals surface area contributed by atoms with Crippen LogP contribution in [-0.2, 0) is 0 Å². The van der Waals surface area contributed by atoms with Crippen molar-refractivity contribution in [3.8, 4) is 0 Å². The van der Waals surface area contributed by atoms with E-state index in [0.717, 1.165) is 44.5 Å². The van der Waals surface area contributed by atoms with Crippen LogP contribution in [0, 0.1) is 69.2 Å². The van der Waals surface area contributed by atoms with Crippen molar-refractivity contribution in [2.75, 3.05) is 0 Å². The second kappa shape index (κ2) is 7.58. The molecule has 0 aliphatic rings. The molecule has 2 aromatic carbocycles. The summed E-state index contributed by atoms with van der Waals surface area (Å²) in [5.41, 5.74) is 13.1. The molecule has 1 N–H and O–H groups in total. The molecule has 2 aromatic rings. The highest BCUT2D eigenvalue weighted by Gasteiger charge is 2.24. The largest absolute Gasteiger partial charge is 0.507 e. The Kier molecular flexibility index (Phi) is 5.94. The number of carbonyl (C=O) groups excluding carboxylic acids is 1. The van der Waals surface area contributed by atoms with Gasteiger partial charge in [0.25, 0.3) is 0 Å². The van der Waals surface area contributed by atoms with Gasteiger partial charge >= 0.3 is 0 Å². The quantitative estimate of drug-likeness (QED) is 0.357. The van der Waals surface area contributed by atoms with Crippen molar-refractivity contribution >= 4 is 11.5 Å². The number of allylic oxidation sites excluding steroid dienone is 1. The van der Waals surface area contributed by atoms with Crippen molar-refractivity contribution in [1.29, 1.82) is 0 Å². The first-order valence-corrected chi connectivity index (χ1v) is 9.93. The molecule has 0 spiro atoms.